The molecule has 1 aliphatic carbocycles. The molecule has 0 aliphatic heterocycles. The lowest BCUT2D eigenvalue weighted by Crippen LogP contribution is -2.11. The number of nitrogens with zero attached hydrogens (tertiary/aromatic N) is 1. The van der Waals surface area contributed by atoms with Crippen LogP contribution < -0.4 is 0 Å². The zero-order chi connectivity index (χ0) is 55.6. The van der Waals surface area contributed by atoms with Gasteiger partial charge in [0.25, 0.3) is 0 Å². The van der Waals surface area contributed by atoms with Gasteiger partial charge in [0.05, 0.1) is 5.52 Å². The summed E-state index contributed by atoms with van der Waals surface area (Å²) in [5.74, 6) is 1.67. The molecule has 1 nitrogen and oxygen atoms in total. The van der Waals surface area contributed by atoms with Crippen LogP contribution in [0.3, 0.4) is 0 Å². The van der Waals surface area contributed by atoms with E-state index in [-0.39, 0.29) is 0 Å². The maximum Gasteiger partial charge on any atom is 0.0575 e. The zero-order valence-electron chi connectivity index (χ0n) is 48.4. The molecule has 0 fully saturated rings. The Hall–Kier alpha value is -8.52. The lowest BCUT2D eigenvalue weighted by molar-refractivity contribution is 0.572. The first-order chi connectivity index (χ1) is 39.8. The average molecular weight is 1050 g/mol. The van der Waals surface area contributed by atoms with Crippen molar-refractivity contribution in [2.24, 2.45) is 7.05 Å². The Balaban J connectivity index is 0.000000668. The molecule has 1 aliphatic rings. The van der Waals surface area contributed by atoms with E-state index in [1.165, 1.54) is 132 Å². The predicted molar refractivity (Wildman–Crippen MR) is 351 cm³/mol. The largest absolute Gasteiger partial charge is 0.343 e. The standard InChI is InChI=1S/C71H61N.C7H8.C2H6/c1-45(26-28-48-16-8-5-9-17-48)50-29-33-53(34-30-50)56-38-41-60-66(44-56)72(4)71-63-25-15-23-61-67-58(57-22-14-24-62(70(60)71)68(57)69(61)63)39-27-46(2)64-43-55(37-40-59(64)67)52-35-31-51(32-36-52)47(3)65(54-20-12-7-13-21-54)42-49-18-10-6-11-19-49;1-7-5-3-2-4-6-7;1-2/h5-25,29-38,40-41,43-47,65H,26-28,39,42H2,1-4H3;2-6H,1H3;1-2H3. The van der Waals surface area contributed by atoms with Crippen LogP contribution in [-0.2, 0) is 26.3 Å². The third-order valence-corrected chi connectivity index (χ3v) is 18.0. The highest BCUT2D eigenvalue weighted by Gasteiger charge is 2.28. The Morgan fingerprint density at radius 2 is 1.01 bits per heavy atom. The maximum absolute atomic E-state index is 2.53. The molecule has 0 bridgehead atoms. The van der Waals surface area contributed by atoms with Crippen LogP contribution in [0.2, 0.25) is 0 Å². The SMILES string of the molecule is CC.CC(CCc1ccccc1)c1ccc(-c2ccc3c4c5cccc6c7c(c8cccc(c8c65)c4n(C)c3c2)-c2ccc(-c3ccc(C(C)C(Cc4ccccc4)c4ccccc4)cc3)cc2C(C)CC7)cc1.Cc1ccccc1. The van der Waals surface area contributed by atoms with Crippen molar-refractivity contribution in [3.05, 3.63) is 287 Å². The van der Waals surface area contributed by atoms with E-state index in [1.807, 2.05) is 32.0 Å². The number of hydrogen-bond acceptors (Lipinski definition) is 0. The molecule has 14 rings (SSSR count). The van der Waals surface area contributed by atoms with Gasteiger partial charge in [-0.25, -0.2) is 0 Å². The Bertz CT molecular complexity index is 4250. The number of benzene rings is 12. The summed E-state index contributed by atoms with van der Waals surface area (Å²) in [4.78, 5) is 0. The van der Waals surface area contributed by atoms with Crippen molar-refractivity contribution < 1.29 is 0 Å². The summed E-state index contributed by atoms with van der Waals surface area (Å²) in [5.41, 5.74) is 21.8. The Morgan fingerprint density at radius 1 is 0.469 bits per heavy atom. The van der Waals surface area contributed by atoms with E-state index in [9.17, 15) is 0 Å². The van der Waals surface area contributed by atoms with Crippen molar-refractivity contribution in [2.45, 2.75) is 97.3 Å². The molecule has 1 heteroatoms. The van der Waals surface area contributed by atoms with Crippen LogP contribution >= 0.6 is 0 Å². The van der Waals surface area contributed by atoms with Crippen molar-refractivity contribution in [3.63, 3.8) is 0 Å². The fraction of sp³-hybridized carbons (Fsp3) is 0.200. The van der Waals surface area contributed by atoms with Gasteiger partial charge in [0, 0.05) is 34.1 Å². The van der Waals surface area contributed by atoms with Crippen LogP contribution in [0.1, 0.15) is 116 Å². The van der Waals surface area contributed by atoms with E-state index in [0.717, 1.165) is 32.1 Å². The number of aromatic nitrogens is 1. The summed E-state index contributed by atoms with van der Waals surface area (Å²) in [6, 6.07) is 90.9. The van der Waals surface area contributed by atoms with Crippen molar-refractivity contribution in [1.29, 1.82) is 0 Å². The molecule has 81 heavy (non-hydrogen) atoms. The fourth-order valence-electron chi connectivity index (χ4n) is 13.6. The van der Waals surface area contributed by atoms with Gasteiger partial charge in [-0.2, -0.15) is 0 Å². The van der Waals surface area contributed by atoms with Gasteiger partial charge in [0.1, 0.15) is 0 Å². The zero-order valence-corrected chi connectivity index (χ0v) is 48.4. The van der Waals surface area contributed by atoms with Crippen LogP contribution in [0, 0.1) is 6.92 Å². The van der Waals surface area contributed by atoms with E-state index < -0.39 is 0 Å². The summed E-state index contributed by atoms with van der Waals surface area (Å²) >= 11 is 0. The molecule has 0 amide bonds. The van der Waals surface area contributed by atoms with Gasteiger partial charge in [-0.15, -0.1) is 0 Å². The summed E-state index contributed by atoms with van der Waals surface area (Å²) in [6.45, 7) is 13.3. The molecule has 0 radical (unpaired) electrons. The Kier molecular flexibility index (Phi) is 15.3. The second-order valence-corrected chi connectivity index (χ2v) is 22.9. The second kappa shape index (κ2) is 23.3. The molecule has 0 N–H and O–H groups in total. The van der Waals surface area contributed by atoms with Crippen LogP contribution in [0.4, 0.5) is 0 Å². The highest BCUT2D eigenvalue weighted by atomic mass is 14.9. The minimum absolute atomic E-state index is 0.362. The third-order valence-electron chi connectivity index (χ3n) is 18.0. The topological polar surface area (TPSA) is 4.93 Å². The molecule has 13 aromatic rings. The molecule has 1 aromatic heterocycles. The van der Waals surface area contributed by atoms with Gasteiger partial charge in [-0.05, 0) is 163 Å². The summed E-state index contributed by atoms with van der Waals surface area (Å²) in [7, 11) is 2.29. The lowest BCUT2D eigenvalue weighted by Gasteiger charge is -2.26. The van der Waals surface area contributed by atoms with E-state index in [0.29, 0.717) is 23.7 Å². The lowest BCUT2D eigenvalue weighted by atomic mass is 9.78. The fourth-order valence-corrected chi connectivity index (χ4v) is 13.6. The van der Waals surface area contributed by atoms with Crippen LogP contribution in [-0.4, -0.2) is 4.57 Å². The van der Waals surface area contributed by atoms with Crippen LogP contribution in [0.15, 0.2) is 243 Å². The number of aryl methyl sites for hydroxylation is 4. The van der Waals surface area contributed by atoms with Gasteiger partial charge in [-0.1, -0.05) is 277 Å². The number of hydrogen-bond donors (Lipinski definition) is 0. The van der Waals surface area contributed by atoms with Crippen molar-refractivity contribution in [1.82, 2.24) is 4.57 Å². The van der Waals surface area contributed by atoms with Gasteiger partial charge in [0.2, 0.25) is 0 Å². The molecule has 1 heterocycles. The predicted octanol–water partition coefficient (Wildman–Crippen LogP) is 22.2. The minimum atomic E-state index is 0.362. The van der Waals surface area contributed by atoms with Crippen molar-refractivity contribution >= 4 is 54.1 Å². The van der Waals surface area contributed by atoms with Gasteiger partial charge >= 0.3 is 0 Å². The van der Waals surface area contributed by atoms with Crippen LogP contribution in [0.5, 0.6) is 0 Å². The average Bonchev–Trinajstić information content (AvgIpc) is 3.75. The summed E-state index contributed by atoms with van der Waals surface area (Å²) in [5, 5.41) is 11.0. The maximum atomic E-state index is 2.53. The first kappa shape index (κ1) is 53.1. The van der Waals surface area contributed by atoms with Crippen LogP contribution in [0.25, 0.3) is 87.5 Å². The van der Waals surface area contributed by atoms with E-state index in [4.69, 9.17) is 0 Å². The Morgan fingerprint density at radius 3 is 1.67 bits per heavy atom. The summed E-state index contributed by atoms with van der Waals surface area (Å²) < 4.78 is 2.48. The number of rotatable bonds is 11. The van der Waals surface area contributed by atoms with E-state index in [2.05, 4.69) is 264 Å². The van der Waals surface area contributed by atoms with Gasteiger partial charge < -0.3 is 4.57 Å². The first-order valence-corrected chi connectivity index (χ1v) is 29.9. The smallest absolute Gasteiger partial charge is 0.0575 e. The molecule has 4 unspecified atom stereocenters. The van der Waals surface area contributed by atoms with E-state index >= 15 is 0 Å². The van der Waals surface area contributed by atoms with Crippen molar-refractivity contribution in [2.75, 3.05) is 0 Å². The van der Waals surface area contributed by atoms with E-state index in [1.54, 1.807) is 0 Å². The quantitative estimate of drug-likeness (QED) is 0.114. The molecular weight excluding hydrogens is 975 g/mol. The third kappa shape index (κ3) is 10.3. The second-order valence-electron chi connectivity index (χ2n) is 22.9. The molecule has 0 spiro atoms. The molecule has 12 aromatic carbocycles. The normalized spacial score (nSPS) is 14.1. The van der Waals surface area contributed by atoms with Gasteiger partial charge in [-0.3, -0.25) is 0 Å². The van der Waals surface area contributed by atoms with Gasteiger partial charge in [0.15, 0.2) is 0 Å². The number of fused-ring (bicyclic) bond motifs is 10. The van der Waals surface area contributed by atoms with Crippen molar-refractivity contribution in [3.8, 4) is 33.4 Å². The minimum Gasteiger partial charge on any atom is -0.343 e. The molecule has 0 saturated carbocycles. The monoisotopic (exact) mass is 1050 g/mol. The molecule has 4 atom stereocenters. The Labute approximate surface area is 480 Å². The highest BCUT2D eigenvalue weighted by molar-refractivity contribution is 6.39. The molecular formula is C80H75N. The first-order valence-electron chi connectivity index (χ1n) is 29.9. The highest BCUT2D eigenvalue weighted by Crippen LogP contribution is 2.52. The molecule has 400 valence electrons. The molecule has 0 saturated heterocycles. The summed E-state index contributed by atoms with van der Waals surface area (Å²) in [6.07, 6.45) is 5.42.